The molecule has 1 aromatic heterocycles. The van der Waals surface area contributed by atoms with E-state index in [1.165, 1.54) is 18.3 Å². The van der Waals surface area contributed by atoms with Crippen LogP contribution in [0.15, 0.2) is 12.1 Å². The molecule has 0 fully saturated rings. The molecular formula is C10H11N3OS. The van der Waals surface area contributed by atoms with Crippen molar-refractivity contribution in [3.8, 4) is 0 Å². The number of hydrogen-bond donors (Lipinski definition) is 2. The number of rotatable bonds is 1. The van der Waals surface area contributed by atoms with E-state index in [1.54, 1.807) is 0 Å². The molecule has 0 aliphatic heterocycles. The Kier molecular flexibility index (Phi) is 2.32. The van der Waals surface area contributed by atoms with Crippen molar-refractivity contribution < 1.29 is 4.79 Å². The summed E-state index contributed by atoms with van der Waals surface area (Å²) < 4.78 is 0.929. The van der Waals surface area contributed by atoms with Crippen molar-refractivity contribution in [2.24, 2.45) is 0 Å². The molecule has 3 N–H and O–H groups in total. The summed E-state index contributed by atoms with van der Waals surface area (Å²) in [5, 5.41) is 3.25. The second kappa shape index (κ2) is 3.51. The standard InChI is InChI=1S/C10H11N3OS/c1-5-3-4-7-9(8(5)11)15-10(13-7)12-6(2)14/h3-4H,11H2,1-2H3,(H,12,13,14). The molecule has 1 heterocycles. The minimum Gasteiger partial charge on any atom is -0.397 e. The van der Waals surface area contributed by atoms with Crippen molar-refractivity contribution in [3.05, 3.63) is 17.7 Å². The van der Waals surface area contributed by atoms with Crippen molar-refractivity contribution >= 4 is 38.3 Å². The van der Waals surface area contributed by atoms with E-state index in [0.717, 1.165) is 21.5 Å². The first-order valence-electron chi connectivity index (χ1n) is 4.51. The highest BCUT2D eigenvalue weighted by Gasteiger charge is 2.08. The van der Waals surface area contributed by atoms with Crippen molar-refractivity contribution in [2.45, 2.75) is 13.8 Å². The van der Waals surface area contributed by atoms with Crippen LogP contribution in [0, 0.1) is 6.92 Å². The molecule has 0 saturated carbocycles. The molecule has 0 radical (unpaired) electrons. The van der Waals surface area contributed by atoms with Gasteiger partial charge in [0.2, 0.25) is 5.91 Å². The lowest BCUT2D eigenvalue weighted by atomic mass is 10.2. The van der Waals surface area contributed by atoms with Gasteiger partial charge >= 0.3 is 0 Å². The van der Waals surface area contributed by atoms with Gasteiger partial charge in [0.1, 0.15) is 0 Å². The number of amides is 1. The maximum Gasteiger partial charge on any atom is 0.223 e. The molecule has 5 heteroatoms. The van der Waals surface area contributed by atoms with E-state index < -0.39 is 0 Å². The number of thiazole rings is 1. The Balaban J connectivity index is 2.56. The fourth-order valence-corrected chi connectivity index (χ4v) is 2.34. The highest BCUT2D eigenvalue weighted by Crippen LogP contribution is 2.32. The van der Waals surface area contributed by atoms with Gasteiger partial charge in [0.05, 0.1) is 15.9 Å². The first-order valence-corrected chi connectivity index (χ1v) is 5.33. The number of aryl methyl sites for hydroxylation is 1. The van der Waals surface area contributed by atoms with Crippen LogP contribution in [0.5, 0.6) is 0 Å². The zero-order valence-corrected chi connectivity index (χ0v) is 9.31. The number of aromatic nitrogens is 1. The maximum atomic E-state index is 10.9. The van der Waals surface area contributed by atoms with Crippen LogP contribution in [-0.4, -0.2) is 10.9 Å². The summed E-state index contributed by atoms with van der Waals surface area (Å²) in [6.45, 7) is 3.41. The molecule has 15 heavy (non-hydrogen) atoms. The number of hydrogen-bond acceptors (Lipinski definition) is 4. The zero-order valence-electron chi connectivity index (χ0n) is 8.50. The number of nitrogens with zero attached hydrogens (tertiary/aromatic N) is 1. The lowest BCUT2D eigenvalue weighted by Gasteiger charge is -1.97. The minimum absolute atomic E-state index is 0.121. The Morgan fingerprint density at radius 3 is 2.93 bits per heavy atom. The third-order valence-corrected chi connectivity index (χ3v) is 3.12. The highest BCUT2D eigenvalue weighted by molar-refractivity contribution is 7.23. The smallest absolute Gasteiger partial charge is 0.223 e. The van der Waals surface area contributed by atoms with Gasteiger partial charge in [-0.15, -0.1) is 0 Å². The minimum atomic E-state index is -0.121. The van der Waals surface area contributed by atoms with Crippen molar-refractivity contribution in [1.82, 2.24) is 4.98 Å². The summed E-state index contributed by atoms with van der Waals surface area (Å²) in [5.74, 6) is -0.121. The number of fused-ring (bicyclic) bond motifs is 1. The summed E-state index contributed by atoms with van der Waals surface area (Å²) in [7, 11) is 0. The Hall–Kier alpha value is -1.62. The van der Waals surface area contributed by atoms with E-state index in [4.69, 9.17) is 5.73 Å². The summed E-state index contributed by atoms with van der Waals surface area (Å²) in [5.41, 5.74) is 8.51. The van der Waals surface area contributed by atoms with Gasteiger partial charge in [-0.2, -0.15) is 0 Å². The number of benzene rings is 1. The Morgan fingerprint density at radius 2 is 2.27 bits per heavy atom. The van der Waals surface area contributed by atoms with Crippen molar-refractivity contribution in [1.29, 1.82) is 0 Å². The third kappa shape index (κ3) is 1.78. The highest BCUT2D eigenvalue weighted by atomic mass is 32.1. The van der Waals surface area contributed by atoms with Crippen LogP contribution in [0.25, 0.3) is 10.2 Å². The number of anilines is 2. The summed E-state index contributed by atoms with van der Waals surface area (Å²) in [4.78, 5) is 15.1. The summed E-state index contributed by atoms with van der Waals surface area (Å²) in [6.07, 6.45) is 0. The molecule has 2 aromatic rings. The Bertz CT molecular complexity index is 533. The van der Waals surface area contributed by atoms with Gasteiger partial charge in [-0.05, 0) is 18.6 Å². The molecule has 0 saturated heterocycles. The summed E-state index contributed by atoms with van der Waals surface area (Å²) in [6, 6.07) is 3.83. The van der Waals surface area contributed by atoms with Crippen molar-refractivity contribution in [3.63, 3.8) is 0 Å². The number of nitrogens with one attached hydrogen (secondary N) is 1. The fourth-order valence-electron chi connectivity index (χ4n) is 1.31. The van der Waals surface area contributed by atoms with Gasteiger partial charge < -0.3 is 11.1 Å². The number of nitrogen functional groups attached to an aromatic ring is 1. The lowest BCUT2D eigenvalue weighted by molar-refractivity contribution is -0.114. The second-order valence-electron chi connectivity index (χ2n) is 3.34. The van der Waals surface area contributed by atoms with E-state index in [0.29, 0.717) is 5.13 Å². The molecule has 4 nitrogen and oxygen atoms in total. The normalized spacial score (nSPS) is 10.5. The predicted octanol–water partition coefficient (Wildman–Crippen LogP) is 2.15. The molecule has 1 amide bonds. The van der Waals surface area contributed by atoms with Gasteiger partial charge in [0, 0.05) is 6.92 Å². The van der Waals surface area contributed by atoms with Crippen LogP contribution in [0.3, 0.4) is 0 Å². The van der Waals surface area contributed by atoms with E-state index in [2.05, 4.69) is 10.3 Å². The van der Waals surface area contributed by atoms with Crippen LogP contribution in [0.4, 0.5) is 10.8 Å². The quantitative estimate of drug-likeness (QED) is 0.725. The van der Waals surface area contributed by atoms with E-state index in [-0.39, 0.29) is 5.91 Å². The summed E-state index contributed by atoms with van der Waals surface area (Å²) >= 11 is 1.40. The van der Waals surface area contributed by atoms with Gasteiger partial charge in [-0.25, -0.2) is 4.98 Å². The SMILES string of the molecule is CC(=O)Nc1nc2ccc(C)c(N)c2s1. The molecule has 0 aliphatic carbocycles. The first-order chi connectivity index (χ1) is 7.08. The number of nitrogens with two attached hydrogens (primary N) is 1. The van der Waals surface area contributed by atoms with Gasteiger partial charge in [0.15, 0.2) is 5.13 Å². The average Bonchev–Trinajstić information content (AvgIpc) is 2.54. The first kappa shape index (κ1) is 9.92. The van der Waals surface area contributed by atoms with Crippen LogP contribution in [0.2, 0.25) is 0 Å². The van der Waals surface area contributed by atoms with Gasteiger partial charge in [-0.3, -0.25) is 4.79 Å². The molecule has 0 bridgehead atoms. The molecule has 0 aliphatic rings. The number of carbonyl (C=O) groups is 1. The third-order valence-electron chi connectivity index (χ3n) is 2.10. The molecule has 0 unspecified atom stereocenters. The van der Waals surface area contributed by atoms with Gasteiger partial charge in [-0.1, -0.05) is 17.4 Å². The second-order valence-corrected chi connectivity index (χ2v) is 4.34. The van der Waals surface area contributed by atoms with E-state index >= 15 is 0 Å². The Morgan fingerprint density at radius 1 is 1.53 bits per heavy atom. The molecule has 2 rings (SSSR count). The van der Waals surface area contributed by atoms with Crippen LogP contribution in [-0.2, 0) is 4.79 Å². The molecular weight excluding hydrogens is 210 g/mol. The molecule has 0 atom stereocenters. The molecule has 0 spiro atoms. The van der Waals surface area contributed by atoms with Crippen LogP contribution >= 0.6 is 11.3 Å². The monoisotopic (exact) mass is 221 g/mol. The van der Waals surface area contributed by atoms with Crippen molar-refractivity contribution in [2.75, 3.05) is 11.1 Å². The molecule has 1 aromatic carbocycles. The van der Waals surface area contributed by atoms with Crippen LogP contribution < -0.4 is 11.1 Å². The van der Waals surface area contributed by atoms with E-state index in [1.807, 2.05) is 19.1 Å². The van der Waals surface area contributed by atoms with E-state index in [9.17, 15) is 4.79 Å². The Labute approximate surface area is 91.1 Å². The molecule has 78 valence electrons. The lowest BCUT2D eigenvalue weighted by Crippen LogP contribution is -2.04. The van der Waals surface area contributed by atoms with Crippen LogP contribution in [0.1, 0.15) is 12.5 Å². The predicted molar refractivity (Wildman–Crippen MR) is 63.1 cm³/mol. The fraction of sp³-hybridized carbons (Fsp3) is 0.200. The largest absolute Gasteiger partial charge is 0.397 e. The average molecular weight is 221 g/mol. The van der Waals surface area contributed by atoms with Gasteiger partial charge in [0.25, 0.3) is 0 Å². The topological polar surface area (TPSA) is 68.0 Å². The maximum absolute atomic E-state index is 10.9. The number of carbonyl (C=O) groups excluding carboxylic acids is 1. The zero-order chi connectivity index (χ0) is 11.0.